The number of thiazole rings is 1. The van der Waals surface area contributed by atoms with Gasteiger partial charge in [-0.3, -0.25) is 5.32 Å². The predicted molar refractivity (Wildman–Crippen MR) is 90.9 cm³/mol. The quantitative estimate of drug-likeness (QED) is 0.797. The van der Waals surface area contributed by atoms with Crippen LogP contribution in [0.5, 0.6) is 0 Å². The molecule has 1 N–H and O–H groups in total. The highest BCUT2D eigenvalue weighted by Gasteiger charge is 2.19. The predicted octanol–water partition coefficient (Wildman–Crippen LogP) is 5.43. The van der Waals surface area contributed by atoms with Gasteiger partial charge in [-0.1, -0.05) is 24.6 Å². The van der Waals surface area contributed by atoms with Crippen molar-refractivity contribution in [2.24, 2.45) is 0 Å². The third kappa shape index (κ3) is 4.91. The first kappa shape index (κ1) is 17.7. The molecule has 1 unspecified atom stereocenters. The molecule has 0 saturated carbocycles. The van der Waals surface area contributed by atoms with Gasteiger partial charge in [-0.2, -0.15) is 0 Å². The summed E-state index contributed by atoms with van der Waals surface area (Å²) in [4.78, 5) is 16.7. The van der Waals surface area contributed by atoms with Crippen LogP contribution in [-0.4, -0.2) is 16.7 Å². The number of ether oxygens (including phenoxy) is 1. The molecule has 0 aliphatic carbocycles. The molecular formula is C16H18ClFN2O2S. The van der Waals surface area contributed by atoms with E-state index in [1.165, 1.54) is 17.4 Å². The Morgan fingerprint density at radius 1 is 1.43 bits per heavy atom. The van der Waals surface area contributed by atoms with E-state index in [0.717, 1.165) is 4.88 Å². The number of benzene rings is 1. The highest BCUT2D eigenvalue weighted by Crippen LogP contribution is 2.33. The molecule has 7 heteroatoms. The smallest absolute Gasteiger partial charge is 0.413 e. The van der Waals surface area contributed by atoms with E-state index in [2.05, 4.69) is 10.3 Å². The molecule has 0 aliphatic rings. The summed E-state index contributed by atoms with van der Waals surface area (Å²) in [5.74, 6) is -0.556. The van der Waals surface area contributed by atoms with Crippen LogP contribution in [0, 0.1) is 5.82 Å². The van der Waals surface area contributed by atoms with Crippen LogP contribution in [0.3, 0.4) is 0 Å². The minimum Gasteiger partial charge on any atom is -0.444 e. The lowest BCUT2D eigenvalue weighted by molar-refractivity contribution is 0.0636. The molecule has 23 heavy (non-hydrogen) atoms. The number of anilines is 1. The van der Waals surface area contributed by atoms with Gasteiger partial charge in [0.05, 0.1) is 0 Å². The Morgan fingerprint density at radius 3 is 2.74 bits per heavy atom. The van der Waals surface area contributed by atoms with Crippen molar-refractivity contribution < 1.29 is 13.9 Å². The van der Waals surface area contributed by atoms with Gasteiger partial charge in [-0.25, -0.2) is 14.2 Å². The first-order valence-electron chi connectivity index (χ1n) is 7.06. The molecule has 0 saturated heterocycles. The molecule has 1 aromatic carbocycles. The summed E-state index contributed by atoms with van der Waals surface area (Å²) >= 11 is 7.05. The largest absolute Gasteiger partial charge is 0.444 e. The zero-order valence-corrected chi connectivity index (χ0v) is 14.9. The minimum absolute atomic E-state index is 0.195. The maximum absolute atomic E-state index is 14.0. The van der Waals surface area contributed by atoms with Gasteiger partial charge in [0, 0.05) is 22.0 Å². The standard InChI is InChI=1S/C16H18ClFN2O2S/c1-9(11-6-5-10(17)7-12(11)18)13-8-19-14(23-13)20-15(21)22-16(2,3)4/h5-9H,1-4H3,(H,19,20,21). The van der Waals surface area contributed by atoms with Crippen molar-refractivity contribution in [3.05, 3.63) is 45.7 Å². The molecule has 1 heterocycles. The van der Waals surface area contributed by atoms with Gasteiger partial charge in [-0.15, -0.1) is 11.3 Å². The number of carbonyl (C=O) groups excluding carboxylic acids is 1. The molecule has 2 rings (SSSR count). The summed E-state index contributed by atoms with van der Waals surface area (Å²) in [6.07, 6.45) is 1.06. The maximum Gasteiger partial charge on any atom is 0.413 e. The highest BCUT2D eigenvalue weighted by molar-refractivity contribution is 7.15. The summed E-state index contributed by atoms with van der Waals surface area (Å²) < 4.78 is 19.2. The topological polar surface area (TPSA) is 51.2 Å². The second kappa shape index (κ2) is 6.84. The molecule has 1 aromatic heterocycles. The monoisotopic (exact) mass is 356 g/mol. The second-order valence-corrected chi connectivity index (χ2v) is 7.58. The van der Waals surface area contributed by atoms with Crippen LogP contribution >= 0.6 is 22.9 Å². The van der Waals surface area contributed by atoms with Crippen molar-refractivity contribution in [2.75, 3.05) is 5.32 Å². The first-order valence-corrected chi connectivity index (χ1v) is 8.26. The molecule has 0 bridgehead atoms. The number of rotatable bonds is 3. The van der Waals surface area contributed by atoms with Crippen LogP contribution in [0.2, 0.25) is 5.02 Å². The van der Waals surface area contributed by atoms with E-state index in [1.54, 1.807) is 39.1 Å². The van der Waals surface area contributed by atoms with Gasteiger partial charge in [0.1, 0.15) is 11.4 Å². The first-order chi connectivity index (χ1) is 10.7. The fourth-order valence-electron chi connectivity index (χ4n) is 1.94. The van der Waals surface area contributed by atoms with Crippen LogP contribution in [0.4, 0.5) is 14.3 Å². The molecule has 4 nitrogen and oxygen atoms in total. The fourth-order valence-corrected chi connectivity index (χ4v) is 2.97. The molecule has 0 spiro atoms. The van der Waals surface area contributed by atoms with E-state index in [-0.39, 0.29) is 11.7 Å². The molecule has 2 aromatic rings. The van der Waals surface area contributed by atoms with E-state index >= 15 is 0 Å². The van der Waals surface area contributed by atoms with Gasteiger partial charge in [0.25, 0.3) is 0 Å². The Balaban J connectivity index is 2.11. The molecule has 1 atom stereocenters. The third-order valence-corrected chi connectivity index (χ3v) is 4.32. The van der Waals surface area contributed by atoms with Crippen molar-refractivity contribution in [3.8, 4) is 0 Å². The zero-order chi connectivity index (χ0) is 17.2. The van der Waals surface area contributed by atoms with E-state index in [4.69, 9.17) is 16.3 Å². The van der Waals surface area contributed by atoms with Crippen molar-refractivity contribution in [1.29, 1.82) is 0 Å². The molecular weight excluding hydrogens is 339 g/mol. The van der Waals surface area contributed by atoms with E-state index in [9.17, 15) is 9.18 Å². The second-order valence-electron chi connectivity index (χ2n) is 6.08. The Labute approximate surface area is 143 Å². The van der Waals surface area contributed by atoms with E-state index < -0.39 is 11.7 Å². The number of hydrogen-bond donors (Lipinski definition) is 1. The zero-order valence-electron chi connectivity index (χ0n) is 13.3. The van der Waals surface area contributed by atoms with Crippen molar-refractivity contribution in [2.45, 2.75) is 39.2 Å². The van der Waals surface area contributed by atoms with Gasteiger partial charge >= 0.3 is 6.09 Å². The average Bonchev–Trinajstić information content (AvgIpc) is 2.84. The summed E-state index contributed by atoms with van der Waals surface area (Å²) in [7, 11) is 0. The number of carbonyl (C=O) groups is 1. The molecule has 0 aliphatic heterocycles. The fraction of sp³-hybridized carbons (Fsp3) is 0.375. The minimum atomic E-state index is -0.579. The lowest BCUT2D eigenvalue weighted by atomic mass is 10.00. The van der Waals surface area contributed by atoms with Crippen LogP contribution < -0.4 is 5.32 Å². The summed E-state index contributed by atoms with van der Waals surface area (Å²) in [5, 5.41) is 3.35. The van der Waals surface area contributed by atoms with Crippen molar-refractivity contribution in [3.63, 3.8) is 0 Å². The highest BCUT2D eigenvalue weighted by atomic mass is 35.5. The van der Waals surface area contributed by atoms with Gasteiger partial charge in [-0.05, 0) is 38.5 Å². The van der Waals surface area contributed by atoms with Gasteiger partial charge in [0.2, 0.25) is 0 Å². The van der Waals surface area contributed by atoms with E-state index in [0.29, 0.717) is 15.7 Å². The normalized spacial score (nSPS) is 12.8. The lowest BCUT2D eigenvalue weighted by Gasteiger charge is -2.18. The summed E-state index contributed by atoms with van der Waals surface area (Å²) in [6.45, 7) is 7.22. The molecule has 1 amide bonds. The number of aromatic nitrogens is 1. The Hall–Kier alpha value is -1.66. The Morgan fingerprint density at radius 2 is 2.13 bits per heavy atom. The lowest BCUT2D eigenvalue weighted by Crippen LogP contribution is -2.27. The molecule has 0 fully saturated rings. The van der Waals surface area contributed by atoms with Crippen LogP contribution in [0.1, 0.15) is 44.1 Å². The average molecular weight is 357 g/mol. The third-order valence-electron chi connectivity index (χ3n) is 2.99. The summed E-state index contributed by atoms with van der Waals surface area (Å²) in [6, 6.07) is 4.59. The van der Waals surface area contributed by atoms with Crippen LogP contribution in [-0.2, 0) is 4.74 Å². The number of hydrogen-bond acceptors (Lipinski definition) is 4. The Bertz CT molecular complexity index is 712. The SMILES string of the molecule is CC(c1cnc(NC(=O)OC(C)(C)C)s1)c1ccc(Cl)cc1F. The van der Waals surface area contributed by atoms with E-state index in [1.807, 2.05) is 6.92 Å². The number of nitrogens with one attached hydrogen (secondary N) is 1. The van der Waals surface area contributed by atoms with Crippen LogP contribution in [0.25, 0.3) is 0 Å². The molecule has 0 radical (unpaired) electrons. The number of amides is 1. The number of nitrogens with zero attached hydrogens (tertiary/aromatic N) is 1. The van der Waals surface area contributed by atoms with Gasteiger partial charge in [0.15, 0.2) is 5.13 Å². The maximum atomic E-state index is 14.0. The molecule has 124 valence electrons. The summed E-state index contributed by atoms with van der Waals surface area (Å²) in [5.41, 5.74) is -0.0500. The van der Waals surface area contributed by atoms with Crippen molar-refractivity contribution >= 4 is 34.2 Å². The van der Waals surface area contributed by atoms with Crippen LogP contribution in [0.15, 0.2) is 24.4 Å². The van der Waals surface area contributed by atoms with Crippen molar-refractivity contribution in [1.82, 2.24) is 4.98 Å². The van der Waals surface area contributed by atoms with Gasteiger partial charge < -0.3 is 4.74 Å². The Kier molecular flexibility index (Phi) is 5.26. The number of halogens is 2.